The van der Waals surface area contributed by atoms with Gasteiger partial charge in [-0.3, -0.25) is 9.69 Å². The number of rotatable bonds is 12. The van der Waals surface area contributed by atoms with Crippen molar-refractivity contribution >= 4 is 21.6 Å². The minimum atomic E-state index is -3.64. The summed E-state index contributed by atoms with van der Waals surface area (Å²) in [7, 11) is -0.569. The maximum atomic E-state index is 12.7. The molecule has 2 rings (SSSR count). The number of sulfonamides is 1. The van der Waals surface area contributed by atoms with Crippen LogP contribution in [0.4, 0.5) is 14.5 Å². The lowest BCUT2D eigenvalue weighted by molar-refractivity contribution is -0.117. The Kier molecular flexibility index (Phi) is 9.56. The summed E-state index contributed by atoms with van der Waals surface area (Å²) in [6, 6.07) is 10.7. The fourth-order valence-corrected chi connectivity index (χ4v) is 4.77. The van der Waals surface area contributed by atoms with Gasteiger partial charge in [0, 0.05) is 25.3 Å². The average molecular weight is 486 g/mol. The molecule has 0 atom stereocenters. The van der Waals surface area contributed by atoms with Crippen molar-refractivity contribution in [3.05, 3.63) is 48.0 Å². The molecule has 0 bridgehead atoms. The third-order valence-corrected chi connectivity index (χ3v) is 6.82. The average Bonchev–Trinajstić information content (AvgIpc) is 2.75. The molecule has 2 aromatic carbocycles. The first-order chi connectivity index (χ1) is 15.6. The van der Waals surface area contributed by atoms with Gasteiger partial charge in [-0.2, -0.15) is 13.1 Å². The molecule has 0 fully saturated rings. The van der Waals surface area contributed by atoms with Gasteiger partial charge in [-0.1, -0.05) is 26.0 Å². The predicted octanol–water partition coefficient (Wildman–Crippen LogP) is 3.40. The summed E-state index contributed by atoms with van der Waals surface area (Å²) in [6.07, 6.45) is 0. The lowest BCUT2D eigenvalue weighted by Gasteiger charge is -2.19. The molecule has 0 radical (unpaired) electrons. The van der Waals surface area contributed by atoms with Crippen molar-refractivity contribution < 1.29 is 31.5 Å². The Morgan fingerprint density at radius 2 is 1.79 bits per heavy atom. The zero-order chi connectivity index (χ0) is 24.6. The molecular weight excluding hydrogens is 456 g/mol. The van der Waals surface area contributed by atoms with Gasteiger partial charge < -0.3 is 14.8 Å². The number of ether oxygens (including phenoxy) is 2. The van der Waals surface area contributed by atoms with Crippen LogP contribution in [0.15, 0.2) is 47.4 Å². The van der Waals surface area contributed by atoms with Gasteiger partial charge in [0.25, 0.3) is 0 Å². The molecule has 8 nitrogen and oxygen atoms in total. The van der Waals surface area contributed by atoms with Gasteiger partial charge in [-0.25, -0.2) is 8.42 Å². The first-order valence-electron chi connectivity index (χ1n) is 10.3. The summed E-state index contributed by atoms with van der Waals surface area (Å²) >= 11 is 0. The first kappa shape index (κ1) is 26.5. The van der Waals surface area contributed by atoms with Gasteiger partial charge in [0.05, 0.1) is 18.6 Å². The van der Waals surface area contributed by atoms with E-state index in [0.717, 1.165) is 5.56 Å². The number of hydrogen-bond donors (Lipinski definition) is 1. The summed E-state index contributed by atoms with van der Waals surface area (Å²) in [6.45, 7) is 1.62. The first-order valence-corrected chi connectivity index (χ1v) is 11.7. The molecule has 0 aliphatic heterocycles. The predicted molar refractivity (Wildman–Crippen MR) is 121 cm³/mol. The van der Waals surface area contributed by atoms with E-state index < -0.39 is 16.6 Å². The van der Waals surface area contributed by atoms with Crippen molar-refractivity contribution in [2.24, 2.45) is 0 Å². The largest absolute Gasteiger partial charge is 0.493 e. The monoisotopic (exact) mass is 485 g/mol. The number of alkyl halides is 2. The molecule has 0 saturated carbocycles. The minimum absolute atomic E-state index is 0.0185. The SMILES string of the molecule is CCN(CC)S(=O)(=O)c1cccc(NC(=O)CN(C)Cc2ccc(OC(F)F)c(OC)c2)c1. The Hall–Kier alpha value is -2.76. The Bertz CT molecular complexity index is 1050. The van der Waals surface area contributed by atoms with Crippen molar-refractivity contribution in [2.45, 2.75) is 31.9 Å². The van der Waals surface area contributed by atoms with Crippen LogP contribution < -0.4 is 14.8 Å². The number of methoxy groups -OCH3 is 1. The summed E-state index contributed by atoms with van der Waals surface area (Å²) < 4.78 is 61.2. The number of benzene rings is 2. The van der Waals surface area contributed by atoms with Crippen LogP contribution in [0.5, 0.6) is 11.5 Å². The van der Waals surface area contributed by atoms with Gasteiger partial charge in [0.1, 0.15) is 0 Å². The van der Waals surface area contributed by atoms with Crippen molar-refractivity contribution in [1.82, 2.24) is 9.21 Å². The van der Waals surface area contributed by atoms with Crippen LogP contribution in [0.1, 0.15) is 19.4 Å². The highest BCUT2D eigenvalue weighted by molar-refractivity contribution is 7.89. The molecule has 1 N–H and O–H groups in total. The highest BCUT2D eigenvalue weighted by Gasteiger charge is 2.22. The zero-order valence-electron chi connectivity index (χ0n) is 19.0. The highest BCUT2D eigenvalue weighted by Crippen LogP contribution is 2.29. The second-order valence-electron chi connectivity index (χ2n) is 7.20. The normalized spacial score (nSPS) is 11.8. The summed E-state index contributed by atoms with van der Waals surface area (Å²) in [5.41, 5.74) is 1.10. The molecule has 0 saturated heterocycles. The van der Waals surface area contributed by atoms with E-state index >= 15 is 0 Å². The second-order valence-corrected chi connectivity index (χ2v) is 9.14. The minimum Gasteiger partial charge on any atom is -0.493 e. The fourth-order valence-electron chi connectivity index (χ4n) is 3.26. The smallest absolute Gasteiger partial charge is 0.387 e. The second kappa shape index (κ2) is 11.9. The molecular formula is C22H29F2N3O5S. The van der Waals surface area contributed by atoms with Gasteiger partial charge in [-0.15, -0.1) is 0 Å². The maximum Gasteiger partial charge on any atom is 0.387 e. The van der Waals surface area contributed by atoms with Crippen LogP contribution in [-0.2, 0) is 21.4 Å². The van der Waals surface area contributed by atoms with Gasteiger partial charge in [-0.05, 0) is 42.9 Å². The van der Waals surface area contributed by atoms with Crippen LogP contribution >= 0.6 is 0 Å². The van der Waals surface area contributed by atoms with E-state index in [2.05, 4.69) is 10.1 Å². The molecule has 0 aliphatic carbocycles. The Balaban J connectivity index is 2.02. The van der Waals surface area contributed by atoms with Crippen LogP contribution in [0.25, 0.3) is 0 Å². The van der Waals surface area contributed by atoms with E-state index in [0.29, 0.717) is 25.3 Å². The molecule has 182 valence electrons. The third kappa shape index (κ3) is 7.37. The molecule has 2 aromatic rings. The van der Waals surface area contributed by atoms with Gasteiger partial charge in [0.2, 0.25) is 15.9 Å². The maximum absolute atomic E-state index is 12.7. The summed E-state index contributed by atoms with van der Waals surface area (Å²) in [5, 5.41) is 2.71. The number of nitrogens with one attached hydrogen (secondary N) is 1. The summed E-state index contributed by atoms with van der Waals surface area (Å²) in [4.78, 5) is 14.3. The van der Waals surface area contributed by atoms with Crippen LogP contribution in [0, 0.1) is 0 Å². The van der Waals surface area contributed by atoms with E-state index in [1.807, 2.05) is 0 Å². The topological polar surface area (TPSA) is 88.2 Å². The van der Waals surface area contributed by atoms with E-state index in [4.69, 9.17) is 4.74 Å². The van der Waals surface area contributed by atoms with Crippen LogP contribution in [-0.4, -0.2) is 63.9 Å². The molecule has 0 unspecified atom stereocenters. The number of likely N-dealkylation sites (N-methyl/N-ethyl adjacent to an activating group) is 1. The van der Waals surface area contributed by atoms with Crippen molar-refractivity contribution in [3.8, 4) is 11.5 Å². The number of halogens is 2. The highest BCUT2D eigenvalue weighted by atomic mass is 32.2. The van der Waals surface area contributed by atoms with Crippen LogP contribution in [0.3, 0.4) is 0 Å². The van der Waals surface area contributed by atoms with Crippen molar-refractivity contribution in [3.63, 3.8) is 0 Å². The number of carbonyl (C=O) groups excluding carboxylic acids is 1. The van der Waals surface area contributed by atoms with E-state index in [9.17, 15) is 22.0 Å². The summed E-state index contributed by atoms with van der Waals surface area (Å²) in [5.74, 6) is -0.243. The quantitative estimate of drug-likeness (QED) is 0.496. The number of anilines is 1. The van der Waals surface area contributed by atoms with E-state index in [-0.39, 0.29) is 28.8 Å². The Morgan fingerprint density at radius 3 is 2.39 bits per heavy atom. The standard InChI is InChI=1S/C22H29F2N3O5S/c1-5-27(6-2)33(29,30)18-9-7-8-17(13-18)25-21(28)15-26(3)14-16-10-11-19(32-22(23)24)20(12-16)31-4/h7-13,22H,5-6,14-15H2,1-4H3,(H,25,28). The van der Waals surface area contributed by atoms with E-state index in [1.165, 1.54) is 29.6 Å². The van der Waals surface area contributed by atoms with Crippen LogP contribution in [0.2, 0.25) is 0 Å². The lowest BCUT2D eigenvalue weighted by atomic mass is 10.2. The lowest BCUT2D eigenvalue weighted by Crippen LogP contribution is -2.31. The van der Waals surface area contributed by atoms with Gasteiger partial charge in [0.15, 0.2) is 11.5 Å². The zero-order valence-corrected chi connectivity index (χ0v) is 19.9. The molecule has 0 aromatic heterocycles. The molecule has 0 heterocycles. The number of amides is 1. The third-order valence-electron chi connectivity index (χ3n) is 4.77. The number of carbonyl (C=O) groups is 1. The Labute approximate surface area is 193 Å². The molecule has 0 aliphatic rings. The molecule has 11 heteroatoms. The number of hydrogen-bond acceptors (Lipinski definition) is 6. The Morgan fingerprint density at radius 1 is 1.09 bits per heavy atom. The molecule has 33 heavy (non-hydrogen) atoms. The number of nitrogens with zero attached hydrogens (tertiary/aromatic N) is 2. The van der Waals surface area contributed by atoms with Crippen molar-refractivity contribution in [1.29, 1.82) is 0 Å². The van der Waals surface area contributed by atoms with Gasteiger partial charge >= 0.3 is 6.61 Å². The molecule has 1 amide bonds. The van der Waals surface area contributed by atoms with Crippen molar-refractivity contribution in [2.75, 3.05) is 39.1 Å². The molecule has 0 spiro atoms. The fraction of sp³-hybridized carbons (Fsp3) is 0.409. The van der Waals surface area contributed by atoms with E-state index in [1.54, 1.807) is 50.1 Å².